The van der Waals surface area contributed by atoms with Gasteiger partial charge in [0.25, 0.3) is 0 Å². The molecule has 1 aliphatic rings. The molecule has 1 saturated heterocycles. The lowest BCUT2D eigenvalue weighted by Gasteiger charge is -2.31. The Hall–Kier alpha value is -2.52. The molecular formula is C20H22F2N2O4S. The molecule has 29 heavy (non-hydrogen) atoms. The molecule has 9 heteroatoms. The van der Waals surface area contributed by atoms with Crippen LogP contribution in [0.1, 0.15) is 18.4 Å². The highest BCUT2D eigenvalue weighted by Crippen LogP contribution is 2.28. The fraction of sp³-hybridized carbons (Fsp3) is 0.350. The summed E-state index contributed by atoms with van der Waals surface area (Å²) < 4.78 is 59.5. The van der Waals surface area contributed by atoms with E-state index in [1.807, 2.05) is 0 Å². The van der Waals surface area contributed by atoms with E-state index in [4.69, 9.17) is 4.74 Å². The van der Waals surface area contributed by atoms with Crippen LogP contribution in [0.5, 0.6) is 5.75 Å². The van der Waals surface area contributed by atoms with Gasteiger partial charge in [-0.2, -0.15) is 4.31 Å². The van der Waals surface area contributed by atoms with Gasteiger partial charge in [0, 0.05) is 19.2 Å². The van der Waals surface area contributed by atoms with Crippen LogP contribution >= 0.6 is 0 Å². The van der Waals surface area contributed by atoms with Crippen molar-refractivity contribution >= 4 is 21.6 Å². The zero-order valence-corrected chi connectivity index (χ0v) is 16.9. The third-order valence-electron chi connectivity index (χ3n) is 4.95. The number of amides is 1. The van der Waals surface area contributed by atoms with E-state index in [1.165, 1.54) is 23.5 Å². The molecule has 156 valence electrons. The Bertz CT molecular complexity index is 1030. The van der Waals surface area contributed by atoms with Crippen molar-refractivity contribution in [2.75, 3.05) is 25.5 Å². The highest BCUT2D eigenvalue weighted by atomic mass is 32.2. The van der Waals surface area contributed by atoms with Gasteiger partial charge in [-0.3, -0.25) is 4.79 Å². The van der Waals surface area contributed by atoms with Gasteiger partial charge in [-0.25, -0.2) is 17.2 Å². The van der Waals surface area contributed by atoms with Crippen molar-refractivity contribution in [1.82, 2.24) is 4.31 Å². The Balaban J connectivity index is 1.76. The van der Waals surface area contributed by atoms with Crippen molar-refractivity contribution in [3.05, 3.63) is 53.6 Å². The van der Waals surface area contributed by atoms with Crippen LogP contribution in [0.25, 0.3) is 0 Å². The molecular weight excluding hydrogens is 402 g/mol. The fourth-order valence-corrected chi connectivity index (χ4v) is 4.97. The smallest absolute Gasteiger partial charge is 0.243 e. The summed E-state index contributed by atoms with van der Waals surface area (Å²) in [7, 11) is -2.29. The minimum Gasteiger partial charge on any atom is -0.496 e. The third kappa shape index (κ3) is 4.56. The van der Waals surface area contributed by atoms with Gasteiger partial charge in [-0.1, -0.05) is 0 Å². The van der Waals surface area contributed by atoms with Gasteiger partial charge < -0.3 is 10.1 Å². The fourth-order valence-electron chi connectivity index (χ4n) is 3.36. The lowest BCUT2D eigenvalue weighted by atomic mass is 9.98. The maximum Gasteiger partial charge on any atom is 0.243 e. The first-order chi connectivity index (χ1) is 13.7. The number of nitrogens with one attached hydrogen (secondary N) is 1. The largest absolute Gasteiger partial charge is 0.496 e. The highest BCUT2D eigenvalue weighted by Gasteiger charge is 2.33. The van der Waals surface area contributed by atoms with E-state index >= 15 is 0 Å². The number of ether oxygens (including phenoxy) is 1. The normalized spacial score (nSPS) is 17.7. The van der Waals surface area contributed by atoms with E-state index in [-0.39, 0.29) is 23.7 Å². The van der Waals surface area contributed by atoms with Gasteiger partial charge in [-0.15, -0.1) is 0 Å². The Kier molecular flexibility index (Phi) is 6.18. The van der Waals surface area contributed by atoms with E-state index in [0.29, 0.717) is 24.2 Å². The van der Waals surface area contributed by atoms with Crippen LogP contribution in [0.2, 0.25) is 0 Å². The first kappa shape index (κ1) is 21.2. The summed E-state index contributed by atoms with van der Waals surface area (Å²) in [5.41, 5.74) is 0.419. The lowest BCUT2D eigenvalue weighted by molar-refractivity contribution is -0.120. The van der Waals surface area contributed by atoms with Gasteiger partial charge in [0.2, 0.25) is 15.9 Å². The number of sulfonamides is 1. The maximum atomic E-state index is 13.8. The summed E-state index contributed by atoms with van der Waals surface area (Å²) in [4.78, 5) is 12.7. The Labute approximate surface area is 168 Å². The first-order valence-corrected chi connectivity index (χ1v) is 10.6. The van der Waals surface area contributed by atoms with Crippen LogP contribution in [0, 0.1) is 24.5 Å². The lowest BCUT2D eigenvalue weighted by Crippen LogP contribution is -2.43. The summed E-state index contributed by atoms with van der Waals surface area (Å²) in [6, 6.07) is 7.35. The summed E-state index contributed by atoms with van der Waals surface area (Å²) in [5, 5.41) is 2.36. The SMILES string of the molecule is COc1ccc(S(=O)(=O)N2CCC[C@H](C(=O)Nc3cc(F)ccc3F)C2)cc1C. The molecule has 0 spiro atoms. The van der Waals surface area contributed by atoms with E-state index in [2.05, 4.69) is 5.32 Å². The molecule has 1 atom stereocenters. The topological polar surface area (TPSA) is 75.7 Å². The number of anilines is 1. The molecule has 1 heterocycles. The predicted octanol–water partition coefficient (Wildman–Crippen LogP) is 3.32. The number of carbonyl (C=O) groups is 1. The Morgan fingerprint density at radius 2 is 1.97 bits per heavy atom. The van der Waals surface area contributed by atoms with E-state index in [9.17, 15) is 22.0 Å². The number of hydrogen-bond donors (Lipinski definition) is 1. The first-order valence-electron chi connectivity index (χ1n) is 9.13. The van der Waals surface area contributed by atoms with Crippen molar-refractivity contribution in [2.24, 2.45) is 5.92 Å². The zero-order valence-electron chi connectivity index (χ0n) is 16.1. The Morgan fingerprint density at radius 3 is 2.66 bits per heavy atom. The van der Waals surface area contributed by atoms with Crippen molar-refractivity contribution < 1.29 is 26.7 Å². The molecule has 0 aromatic heterocycles. The van der Waals surface area contributed by atoms with Crippen LogP contribution in [-0.4, -0.2) is 38.8 Å². The van der Waals surface area contributed by atoms with Gasteiger partial charge in [0.15, 0.2) is 0 Å². The molecule has 0 saturated carbocycles. The zero-order chi connectivity index (χ0) is 21.2. The van der Waals surface area contributed by atoms with E-state index in [0.717, 1.165) is 18.2 Å². The maximum absolute atomic E-state index is 13.8. The monoisotopic (exact) mass is 424 g/mol. The molecule has 1 amide bonds. The number of halogens is 2. The van der Waals surface area contributed by atoms with Gasteiger partial charge in [-0.05, 0) is 55.7 Å². The molecule has 0 radical (unpaired) electrons. The molecule has 0 aliphatic carbocycles. The molecule has 1 fully saturated rings. The van der Waals surface area contributed by atoms with Crippen LogP contribution in [0.15, 0.2) is 41.3 Å². The van der Waals surface area contributed by atoms with Crippen molar-refractivity contribution in [2.45, 2.75) is 24.7 Å². The Morgan fingerprint density at radius 1 is 1.21 bits per heavy atom. The van der Waals surface area contributed by atoms with Crippen molar-refractivity contribution in [1.29, 1.82) is 0 Å². The number of methoxy groups -OCH3 is 1. The quantitative estimate of drug-likeness (QED) is 0.799. The predicted molar refractivity (Wildman–Crippen MR) is 104 cm³/mol. The average Bonchev–Trinajstić information content (AvgIpc) is 2.70. The average molecular weight is 424 g/mol. The summed E-state index contributed by atoms with van der Waals surface area (Å²) in [6.45, 7) is 2.00. The number of aryl methyl sites for hydroxylation is 1. The van der Waals surface area contributed by atoms with Crippen LogP contribution < -0.4 is 10.1 Å². The second-order valence-electron chi connectivity index (χ2n) is 6.95. The second-order valence-corrected chi connectivity index (χ2v) is 8.88. The van der Waals surface area contributed by atoms with Crippen molar-refractivity contribution in [3.8, 4) is 5.75 Å². The highest BCUT2D eigenvalue weighted by molar-refractivity contribution is 7.89. The van der Waals surface area contributed by atoms with E-state index < -0.39 is 33.5 Å². The summed E-state index contributed by atoms with van der Waals surface area (Å²) in [6.07, 6.45) is 0.939. The summed E-state index contributed by atoms with van der Waals surface area (Å²) >= 11 is 0. The van der Waals surface area contributed by atoms with Crippen LogP contribution in [0.3, 0.4) is 0 Å². The minimum atomic E-state index is -3.80. The minimum absolute atomic E-state index is 0.0316. The molecule has 0 bridgehead atoms. The number of hydrogen-bond acceptors (Lipinski definition) is 4. The van der Waals surface area contributed by atoms with Crippen LogP contribution in [0.4, 0.5) is 14.5 Å². The number of piperidine rings is 1. The molecule has 1 aliphatic heterocycles. The van der Waals surface area contributed by atoms with Crippen molar-refractivity contribution in [3.63, 3.8) is 0 Å². The van der Waals surface area contributed by atoms with Gasteiger partial charge >= 0.3 is 0 Å². The molecule has 2 aromatic rings. The third-order valence-corrected chi connectivity index (χ3v) is 6.81. The number of benzene rings is 2. The number of nitrogens with zero attached hydrogens (tertiary/aromatic N) is 1. The molecule has 1 N–H and O–H groups in total. The molecule has 3 rings (SSSR count). The summed E-state index contributed by atoms with van der Waals surface area (Å²) in [5.74, 6) is -2.06. The number of rotatable bonds is 5. The molecule has 2 aromatic carbocycles. The number of carbonyl (C=O) groups excluding carboxylic acids is 1. The standard InChI is InChI=1S/C20H22F2N2O4S/c1-13-10-16(6-8-19(13)28-2)29(26,27)24-9-3-4-14(12-24)20(25)23-18-11-15(21)5-7-17(18)22/h5-8,10-11,14H,3-4,9,12H2,1-2H3,(H,23,25)/t14-/m0/s1. The molecule has 0 unspecified atom stereocenters. The molecule has 6 nitrogen and oxygen atoms in total. The van der Waals surface area contributed by atoms with Gasteiger partial charge in [0.1, 0.15) is 17.4 Å². The second kappa shape index (κ2) is 8.46. The van der Waals surface area contributed by atoms with E-state index in [1.54, 1.807) is 13.0 Å². The van der Waals surface area contributed by atoms with Crippen LogP contribution in [-0.2, 0) is 14.8 Å². The van der Waals surface area contributed by atoms with Gasteiger partial charge in [0.05, 0.1) is 23.6 Å².